The van der Waals surface area contributed by atoms with Gasteiger partial charge in [0.2, 0.25) is 17.7 Å². The van der Waals surface area contributed by atoms with Crippen LogP contribution in [0.5, 0.6) is 11.6 Å². The molecule has 0 radical (unpaired) electrons. The number of aromatic nitrogens is 3. The molecule has 1 unspecified atom stereocenters. The average Bonchev–Trinajstić information content (AvgIpc) is 2.91. The second kappa shape index (κ2) is 11.6. The summed E-state index contributed by atoms with van der Waals surface area (Å²) in [6, 6.07) is 15.9. The van der Waals surface area contributed by atoms with E-state index < -0.39 is 0 Å². The largest absolute Gasteiger partial charge is 0.437 e. The van der Waals surface area contributed by atoms with E-state index in [0.29, 0.717) is 30.0 Å². The Morgan fingerprint density at radius 3 is 2.79 bits per heavy atom. The first-order chi connectivity index (χ1) is 18.5. The van der Waals surface area contributed by atoms with Crippen LogP contribution in [0.2, 0.25) is 0 Å². The molecule has 196 valence electrons. The van der Waals surface area contributed by atoms with Gasteiger partial charge >= 0.3 is 0 Å². The van der Waals surface area contributed by atoms with Crippen molar-refractivity contribution in [2.45, 2.75) is 46.1 Å². The molecule has 3 N–H and O–H groups in total. The third-order valence-corrected chi connectivity index (χ3v) is 6.61. The maximum atomic E-state index is 12.5. The van der Waals surface area contributed by atoms with Gasteiger partial charge in [-0.3, -0.25) is 4.79 Å². The van der Waals surface area contributed by atoms with Gasteiger partial charge in [-0.1, -0.05) is 38.1 Å². The van der Waals surface area contributed by atoms with Crippen LogP contribution in [0.15, 0.2) is 60.9 Å². The number of amides is 1. The standard InChI is InChI=1S/C30H34N6O2/c1-19(2)17-27(37)35-25-10-4-8-23-22(25)12-11-20(3)28(23)38-29-24(9-6-15-32-29)26-13-16-33-30(36-26)34-21-7-5-14-31-18-21/h4,6,8-13,15-16,19,21,31H,5,7,14,17-18H2,1-3H3,(H,35,37)(H,33,34,36). The third-order valence-electron chi connectivity index (χ3n) is 6.61. The van der Waals surface area contributed by atoms with Crippen LogP contribution >= 0.6 is 0 Å². The minimum Gasteiger partial charge on any atom is -0.437 e. The smallest absolute Gasteiger partial charge is 0.228 e. The summed E-state index contributed by atoms with van der Waals surface area (Å²) in [4.78, 5) is 26.3. The topological polar surface area (TPSA) is 101 Å². The van der Waals surface area contributed by atoms with Gasteiger partial charge in [-0.15, -0.1) is 0 Å². The normalized spacial score (nSPS) is 15.4. The van der Waals surface area contributed by atoms with Crippen molar-refractivity contribution < 1.29 is 9.53 Å². The number of pyridine rings is 1. The molecule has 1 atom stereocenters. The van der Waals surface area contributed by atoms with Crippen LogP contribution in [-0.2, 0) is 4.79 Å². The van der Waals surface area contributed by atoms with Gasteiger partial charge in [0.05, 0.1) is 11.3 Å². The van der Waals surface area contributed by atoms with Crippen LogP contribution in [-0.4, -0.2) is 40.0 Å². The lowest BCUT2D eigenvalue weighted by Gasteiger charge is -2.23. The van der Waals surface area contributed by atoms with Crippen LogP contribution in [0.1, 0.15) is 38.7 Å². The Labute approximate surface area is 223 Å². The van der Waals surface area contributed by atoms with Crippen LogP contribution in [0.4, 0.5) is 11.6 Å². The third kappa shape index (κ3) is 5.92. The van der Waals surface area contributed by atoms with Crippen LogP contribution in [0.3, 0.4) is 0 Å². The van der Waals surface area contributed by atoms with Crippen LogP contribution in [0, 0.1) is 12.8 Å². The molecule has 1 fully saturated rings. The van der Waals surface area contributed by atoms with Crippen LogP contribution < -0.4 is 20.7 Å². The highest BCUT2D eigenvalue weighted by Gasteiger charge is 2.18. The summed E-state index contributed by atoms with van der Waals surface area (Å²) in [6.07, 6.45) is 6.15. The van der Waals surface area contributed by atoms with Crippen molar-refractivity contribution in [3.05, 3.63) is 66.5 Å². The molecule has 0 aliphatic carbocycles. The number of carbonyl (C=O) groups is 1. The molecule has 1 saturated heterocycles. The zero-order valence-corrected chi connectivity index (χ0v) is 22.1. The van der Waals surface area contributed by atoms with Crippen LogP contribution in [0.25, 0.3) is 22.0 Å². The van der Waals surface area contributed by atoms with E-state index in [0.717, 1.165) is 59.2 Å². The first kappa shape index (κ1) is 25.6. The van der Waals surface area contributed by atoms with E-state index in [2.05, 4.69) is 25.9 Å². The van der Waals surface area contributed by atoms with Crippen molar-refractivity contribution in [2.24, 2.45) is 5.92 Å². The quantitative estimate of drug-likeness (QED) is 0.270. The fraction of sp³-hybridized carbons (Fsp3) is 0.333. The summed E-state index contributed by atoms with van der Waals surface area (Å²) in [6.45, 7) is 8.02. The van der Waals surface area contributed by atoms with E-state index >= 15 is 0 Å². The van der Waals surface area contributed by atoms with E-state index in [1.54, 1.807) is 12.4 Å². The zero-order chi connectivity index (χ0) is 26.5. The zero-order valence-electron chi connectivity index (χ0n) is 22.1. The van der Waals surface area contributed by atoms with E-state index in [-0.39, 0.29) is 11.8 Å². The molecule has 0 saturated carbocycles. The van der Waals surface area contributed by atoms with Crippen molar-refractivity contribution in [2.75, 3.05) is 23.7 Å². The van der Waals surface area contributed by atoms with Gasteiger partial charge < -0.3 is 20.7 Å². The summed E-state index contributed by atoms with van der Waals surface area (Å²) in [5.41, 5.74) is 3.24. The fourth-order valence-corrected chi connectivity index (χ4v) is 4.76. The minimum absolute atomic E-state index is 0.000242. The van der Waals surface area contributed by atoms with E-state index in [4.69, 9.17) is 9.72 Å². The van der Waals surface area contributed by atoms with Crippen molar-refractivity contribution in [3.8, 4) is 22.9 Å². The summed E-state index contributed by atoms with van der Waals surface area (Å²) in [5, 5.41) is 11.7. The number of piperidine rings is 1. The molecule has 38 heavy (non-hydrogen) atoms. The maximum Gasteiger partial charge on any atom is 0.228 e. The molecule has 1 amide bonds. The Kier molecular flexibility index (Phi) is 7.79. The predicted octanol–water partition coefficient (Wildman–Crippen LogP) is 5.94. The Bertz CT molecular complexity index is 1430. The number of anilines is 2. The Morgan fingerprint density at radius 2 is 1.97 bits per heavy atom. The molecule has 8 nitrogen and oxygen atoms in total. The van der Waals surface area contributed by atoms with Gasteiger partial charge in [-0.25, -0.2) is 15.0 Å². The molecule has 2 aromatic heterocycles. The summed E-state index contributed by atoms with van der Waals surface area (Å²) in [5.74, 6) is 2.03. The van der Waals surface area contributed by atoms with Crippen molar-refractivity contribution in [3.63, 3.8) is 0 Å². The van der Waals surface area contributed by atoms with E-state index in [9.17, 15) is 4.79 Å². The number of benzene rings is 2. The van der Waals surface area contributed by atoms with Gasteiger partial charge in [0.15, 0.2) is 0 Å². The first-order valence-corrected chi connectivity index (χ1v) is 13.2. The van der Waals surface area contributed by atoms with Crippen molar-refractivity contribution in [1.82, 2.24) is 20.3 Å². The highest BCUT2D eigenvalue weighted by molar-refractivity contribution is 6.04. The minimum atomic E-state index is -0.000242. The maximum absolute atomic E-state index is 12.5. The van der Waals surface area contributed by atoms with E-state index in [1.807, 2.05) is 69.3 Å². The first-order valence-electron chi connectivity index (χ1n) is 13.2. The molecule has 8 heteroatoms. The number of carbonyl (C=O) groups excluding carboxylic acids is 1. The number of rotatable bonds is 8. The molecule has 2 aromatic carbocycles. The average molecular weight is 511 g/mol. The van der Waals surface area contributed by atoms with Gasteiger partial charge in [0.1, 0.15) is 5.75 Å². The number of hydrogen-bond donors (Lipinski definition) is 3. The van der Waals surface area contributed by atoms with Gasteiger partial charge in [-0.2, -0.15) is 0 Å². The van der Waals surface area contributed by atoms with Gasteiger partial charge in [0.25, 0.3) is 0 Å². The van der Waals surface area contributed by atoms with Gasteiger partial charge in [0, 0.05) is 47.9 Å². The molecule has 4 aromatic rings. The predicted molar refractivity (Wildman–Crippen MR) is 152 cm³/mol. The molecule has 3 heterocycles. The number of fused-ring (bicyclic) bond motifs is 1. The second-order valence-electron chi connectivity index (χ2n) is 10.2. The van der Waals surface area contributed by atoms with Crippen molar-refractivity contribution >= 4 is 28.3 Å². The van der Waals surface area contributed by atoms with Crippen molar-refractivity contribution in [1.29, 1.82) is 0 Å². The number of nitrogens with zero attached hydrogens (tertiary/aromatic N) is 3. The lowest BCUT2D eigenvalue weighted by atomic mass is 10.0. The summed E-state index contributed by atoms with van der Waals surface area (Å²) in [7, 11) is 0. The number of aryl methyl sites for hydroxylation is 1. The van der Waals surface area contributed by atoms with E-state index in [1.165, 1.54) is 0 Å². The molecule has 5 rings (SSSR count). The molecule has 0 spiro atoms. The summed E-state index contributed by atoms with van der Waals surface area (Å²) < 4.78 is 6.51. The highest BCUT2D eigenvalue weighted by Crippen LogP contribution is 2.38. The highest BCUT2D eigenvalue weighted by atomic mass is 16.5. The lowest BCUT2D eigenvalue weighted by molar-refractivity contribution is -0.116. The molecule has 1 aliphatic heterocycles. The molecule has 1 aliphatic rings. The molecular formula is C30H34N6O2. The van der Waals surface area contributed by atoms with Gasteiger partial charge in [-0.05, 0) is 62.1 Å². The lowest BCUT2D eigenvalue weighted by Crippen LogP contribution is -2.38. The monoisotopic (exact) mass is 510 g/mol. The SMILES string of the molecule is Cc1ccc2c(NC(=O)CC(C)C)cccc2c1Oc1ncccc1-c1ccnc(NC2CCCNC2)n1. The second-order valence-corrected chi connectivity index (χ2v) is 10.2. The number of nitrogens with one attached hydrogen (secondary N) is 3. The Balaban J connectivity index is 1.46. The Hall–Kier alpha value is -4.04. The number of ether oxygens (including phenoxy) is 1. The summed E-state index contributed by atoms with van der Waals surface area (Å²) >= 11 is 0. The Morgan fingerprint density at radius 1 is 1.08 bits per heavy atom. The molecular weight excluding hydrogens is 476 g/mol. The molecule has 0 bridgehead atoms. The number of hydrogen-bond acceptors (Lipinski definition) is 7. The fourth-order valence-electron chi connectivity index (χ4n) is 4.76.